The van der Waals surface area contributed by atoms with Crippen LogP contribution in [0, 0.1) is 0 Å². The number of nitrogens with one attached hydrogen (secondary N) is 1. The Balaban J connectivity index is 2.25. The van der Waals surface area contributed by atoms with E-state index in [9.17, 15) is 13.2 Å². The Labute approximate surface area is 111 Å². The molecule has 1 aliphatic heterocycles. The van der Waals surface area contributed by atoms with Gasteiger partial charge in [-0.25, -0.2) is 13.1 Å². The number of hydrogen-bond donors (Lipinski definition) is 1. The van der Waals surface area contributed by atoms with Crippen molar-refractivity contribution in [1.29, 1.82) is 0 Å². The molecular weight excluding hydrogens is 262 g/mol. The molecule has 0 aromatic heterocycles. The molecule has 1 aliphatic rings. The minimum Gasteiger partial charge on any atom is -0.273 e. The second-order valence-electron chi connectivity index (χ2n) is 4.35. The van der Waals surface area contributed by atoms with Gasteiger partial charge < -0.3 is 0 Å². The molecule has 0 spiro atoms. The highest BCUT2D eigenvalue weighted by atomic mass is 32.2. The van der Waals surface area contributed by atoms with Gasteiger partial charge in [-0.05, 0) is 17.2 Å². The summed E-state index contributed by atoms with van der Waals surface area (Å²) in [5.74, 6) is -1.09. The molecule has 2 aromatic rings. The highest BCUT2D eigenvalue weighted by Gasteiger charge is 2.36. The quantitative estimate of drug-likeness (QED) is 0.859. The summed E-state index contributed by atoms with van der Waals surface area (Å²) >= 11 is 0. The van der Waals surface area contributed by atoms with E-state index in [-0.39, 0.29) is 4.90 Å². The molecule has 96 valence electrons. The van der Waals surface area contributed by atoms with Crippen molar-refractivity contribution in [2.75, 3.05) is 0 Å². The Hall–Kier alpha value is -2.14. The Morgan fingerprint density at radius 1 is 0.895 bits per heavy atom. The van der Waals surface area contributed by atoms with Crippen molar-refractivity contribution in [2.24, 2.45) is 0 Å². The molecule has 1 atom stereocenters. The van der Waals surface area contributed by atoms with Crippen molar-refractivity contribution >= 4 is 15.9 Å². The number of carbonyl (C=O) groups is 1. The van der Waals surface area contributed by atoms with E-state index in [2.05, 4.69) is 4.72 Å². The van der Waals surface area contributed by atoms with Gasteiger partial charge in [0.25, 0.3) is 10.0 Å². The molecule has 1 N–H and O–H groups in total. The molecule has 3 rings (SSSR count). The number of fused-ring (bicyclic) bond motifs is 1. The van der Waals surface area contributed by atoms with E-state index in [1.165, 1.54) is 6.07 Å². The highest BCUT2D eigenvalue weighted by Crippen LogP contribution is 2.33. The largest absolute Gasteiger partial charge is 0.273 e. The Kier molecular flexibility index (Phi) is 2.64. The van der Waals surface area contributed by atoms with Gasteiger partial charge in [0.05, 0.1) is 10.8 Å². The van der Waals surface area contributed by atoms with Crippen LogP contribution < -0.4 is 4.72 Å². The zero-order chi connectivity index (χ0) is 13.5. The minimum absolute atomic E-state index is 0.170. The van der Waals surface area contributed by atoms with Gasteiger partial charge in [-0.15, -0.1) is 0 Å². The smallest absolute Gasteiger partial charge is 0.264 e. The van der Waals surface area contributed by atoms with Crippen LogP contribution in [-0.2, 0) is 14.8 Å². The lowest BCUT2D eigenvalue weighted by Gasteiger charge is -2.25. The van der Waals surface area contributed by atoms with Crippen molar-refractivity contribution < 1.29 is 13.2 Å². The van der Waals surface area contributed by atoms with E-state index in [4.69, 9.17) is 0 Å². The first-order valence-corrected chi connectivity index (χ1v) is 7.28. The lowest BCUT2D eigenvalue weighted by Crippen LogP contribution is -2.40. The van der Waals surface area contributed by atoms with E-state index in [0.29, 0.717) is 5.56 Å². The molecule has 2 aromatic carbocycles. The number of rotatable bonds is 1. The maximum Gasteiger partial charge on any atom is 0.264 e. The van der Waals surface area contributed by atoms with Gasteiger partial charge in [-0.3, -0.25) is 4.79 Å². The van der Waals surface area contributed by atoms with Crippen molar-refractivity contribution in [3.63, 3.8) is 0 Å². The summed E-state index contributed by atoms with van der Waals surface area (Å²) in [6.07, 6.45) is 0. The molecule has 4 nitrogen and oxygen atoms in total. The maximum absolute atomic E-state index is 12.1. The van der Waals surface area contributed by atoms with Crippen molar-refractivity contribution in [1.82, 2.24) is 4.72 Å². The summed E-state index contributed by atoms with van der Waals surface area (Å²) < 4.78 is 26.0. The van der Waals surface area contributed by atoms with Crippen molar-refractivity contribution in [3.8, 4) is 0 Å². The zero-order valence-electron chi connectivity index (χ0n) is 9.91. The summed E-state index contributed by atoms with van der Waals surface area (Å²) in [7, 11) is -3.73. The number of amides is 1. The van der Waals surface area contributed by atoms with Crippen LogP contribution in [0.5, 0.6) is 0 Å². The van der Waals surface area contributed by atoms with Gasteiger partial charge in [0.15, 0.2) is 0 Å². The van der Waals surface area contributed by atoms with Crippen LogP contribution in [-0.4, -0.2) is 14.3 Å². The van der Waals surface area contributed by atoms with Gasteiger partial charge in [0.2, 0.25) is 5.91 Å². The Morgan fingerprint density at radius 3 is 2.26 bits per heavy atom. The van der Waals surface area contributed by atoms with E-state index < -0.39 is 21.8 Å². The first-order chi connectivity index (χ1) is 9.09. The average Bonchev–Trinajstić information content (AvgIpc) is 2.39. The fourth-order valence-electron chi connectivity index (χ4n) is 2.33. The summed E-state index contributed by atoms with van der Waals surface area (Å²) in [5, 5.41) is 0. The molecule has 0 bridgehead atoms. The monoisotopic (exact) mass is 273 g/mol. The Bertz CT molecular complexity index is 738. The SMILES string of the molecule is O=C1NS(=O)(=O)c2ccccc2C1c1ccccc1. The fraction of sp³-hybridized carbons (Fsp3) is 0.0714. The molecule has 1 unspecified atom stereocenters. The van der Waals surface area contributed by atoms with Crippen LogP contribution >= 0.6 is 0 Å². The van der Waals surface area contributed by atoms with Gasteiger partial charge in [-0.1, -0.05) is 48.5 Å². The van der Waals surface area contributed by atoms with Crippen LogP contribution in [0.25, 0.3) is 0 Å². The topological polar surface area (TPSA) is 63.2 Å². The molecule has 1 heterocycles. The van der Waals surface area contributed by atoms with Crippen LogP contribution in [0.2, 0.25) is 0 Å². The molecule has 19 heavy (non-hydrogen) atoms. The zero-order valence-corrected chi connectivity index (χ0v) is 10.7. The third-order valence-corrected chi connectivity index (χ3v) is 4.57. The molecule has 5 heteroatoms. The number of hydrogen-bond acceptors (Lipinski definition) is 3. The van der Waals surface area contributed by atoms with E-state index in [1.54, 1.807) is 18.2 Å². The van der Waals surface area contributed by atoms with Crippen molar-refractivity contribution in [2.45, 2.75) is 10.8 Å². The fourth-order valence-corrected chi connectivity index (χ4v) is 3.57. The van der Waals surface area contributed by atoms with E-state index in [1.807, 2.05) is 30.3 Å². The van der Waals surface area contributed by atoms with Crippen LogP contribution in [0.4, 0.5) is 0 Å². The van der Waals surface area contributed by atoms with Crippen LogP contribution in [0.3, 0.4) is 0 Å². The third-order valence-electron chi connectivity index (χ3n) is 3.15. The minimum atomic E-state index is -3.73. The summed E-state index contributed by atoms with van der Waals surface area (Å²) in [4.78, 5) is 12.3. The van der Waals surface area contributed by atoms with Gasteiger partial charge in [0.1, 0.15) is 0 Å². The number of sulfonamides is 1. The lowest BCUT2D eigenvalue weighted by molar-refractivity contribution is -0.120. The molecule has 0 aliphatic carbocycles. The maximum atomic E-state index is 12.1. The van der Waals surface area contributed by atoms with Gasteiger partial charge >= 0.3 is 0 Å². The molecule has 0 saturated carbocycles. The van der Waals surface area contributed by atoms with Crippen LogP contribution in [0.15, 0.2) is 59.5 Å². The van der Waals surface area contributed by atoms with Gasteiger partial charge in [-0.2, -0.15) is 0 Å². The standard InChI is InChI=1S/C14H11NO3S/c16-14-13(10-6-2-1-3-7-10)11-8-4-5-9-12(11)19(17,18)15-14/h1-9,13H,(H,15,16). The molecule has 0 radical (unpaired) electrons. The van der Waals surface area contributed by atoms with Crippen molar-refractivity contribution in [3.05, 3.63) is 65.7 Å². The first kappa shape index (κ1) is 11.9. The molecule has 0 fully saturated rings. The number of benzene rings is 2. The van der Waals surface area contributed by atoms with E-state index in [0.717, 1.165) is 5.56 Å². The third kappa shape index (κ3) is 1.92. The second kappa shape index (κ2) is 4.20. The predicted octanol–water partition coefficient (Wildman–Crippen LogP) is 1.64. The summed E-state index contributed by atoms with van der Waals surface area (Å²) in [6.45, 7) is 0. The second-order valence-corrected chi connectivity index (χ2v) is 6.00. The molecule has 1 amide bonds. The summed E-state index contributed by atoms with van der Waals surface area (Å²) in [5.41, 5.74) is 1.31. The van der Waals surface area contributed by atoms with Crippen LogP contribution in [0.1, 0.15) is 17.0 Å². The summed E-state index contributed by atoms with van der Waals surface area (Å²) in [6, 6.07) is 15.7. The number of carbonyl (C=O) groups excluding carboxylic acids is 1. The van der Waals surface area contributed by atoms with Gasteiger partial charge in [0, 0.05) is 0 Å². The lowest BCUT2D eigenvalue weighted by atomic mass is 9.90. The normalized spacial score (nSPS) is 20.4. The average molecular weight is 273 g/mol. The molecule has 0 saturated heterocycles. The van der Waals surface area contributed by atoms with E-state index >= 15 is 0 Å². The Morgan fingerprint density at radius 2 is 1.53 bits per heavy atom. The molecular formula is C14H11NO3S. The predicted molar refractivity (Wildman–Crippen MR) is 70.1 cm³/mol. The highest BCUT2D eigenvalue weighted by molar-refractivity contribution is 7.90. The first-order valence-electron chi connectivity index (χ1n) is 5.80.